The number of esters is 1. The van der Waals surface area contributed by atoms with Gasteiger partial charge in [-0.15, -0.1) is 0 Å². The molecule has 0 saturated carbocycles. The molecule has 0 saturated heterocycles. The van der Waals surface area contributed by atoms with E-state index in [9.17, 15) is 9.59 Å². The molecule has 4 aromatic rings. The summed E-state index contributed by atoms with van der Waals surface area (Å²) in [6, 6.07) is 17.8. The van der Waals surface area contributed by atoms with Gasteiger partial charge in [0, 0.05) is 10.6 Å². The summed E-state index contributed by atoms with van der Waals surface area (Å²) in [5.41, 5.74) is 2.88. The Balaban J connectivity index is 1.38. The number of rotatable bonds is 7. The van der Waals surface area contributed by atoms with Crippen LogP contribution in [0.2, 0.25) is 5.02 Å². The van der Waals surface area contributed by atoms with Gasteiger partial charge in [0.15, 0.2) is 16.3 Å². The summed E-state index contributed by atoms with van der Waals surface area (Å²) in [5, 5.41) is 0.640. The van der Waals surface area contributed by atoms with Crippen LogP contribution in [0.1, 0.15) is 36.6 Å². The molecule has 0 aliphatic carbocycles. The molecule has 0 amide bonds. The normalized spacial score (nSPS) is 15.8. The van der Waals surface area contributed by atoms with Crippen LogP contribution in [0.4, 0.5) is 0 Å². The number of halogens is 2. The zero-order valence-electron chi connectivity index (χ0n) is 22.6. The zero-order chi connectivity index (χ0) is 29.4. The van der Waals surface area contributed by atoms with E-state index in [1.54, 1.807) is 36.6 Å². The topological polar surface area (TPSA) is 88.4 Å². The summed E-state index contributed by atoms with van der Waals surface area (Å²) in [5.74, 6) is 1.28. The monoisotopic (exact) mass is 666 g/mol. The zero-order valence-corrected chi connectivity index (χ0v) is 25.7. The van der Waals surface area contributed by atoms with Crippen molar-refractivity contribution in [3.05, 3.63) is 118 Å². The van der Waals surface area contributed by atoms with Crippen LogP contribution in [0, 0.1) is 0 Å². The first-order chi connectivity index (χ1) is 20.3. The van der Waals surface area contributed by atoms with E-state index >= 15 is 0 Å². The quantitative estimate of drug-likeness (QED) is 0.241. The first kappa shape index (κ1) is 28.3. The molecule has 42 heavy (non-hydrogen) atoms. The van der Waals surface area contributed by atoms with Gasteiger partial charge in [-0.25, -0.2) is 9.79 Å². The standard InChI is InChI=1S/C31H24BrClN2O6S/c1-3-38-30(37)27-17(2)34-31-35(28(27)19-9-11-24-25(14-19)41-16-40-24)29(36)26(42-31)13-18-8-10-23(21(32)12-18)39-15-20-6-4-5-7-22(20)33/h4-14,28H,3,15-16H2,1-2H3/b26-13-/t28-/m0/s1. The second-order valence-electron chi connectivity index (χ2n) is 9.48. The molecule has 0 bridgehead atoms. The number of carbonyl (C=O) groups is 1. The van der Waals surface area contributed by atoms with Gasteiger partial charge in [-0.05, 0) is 77.3 Å². The van der Waals surface area contributed by atoms with Gasteiger partial charge in [-0.1, -0.05) is 53.3 Å². The van der Waals surface area contributed by atoms with Gasteiger partial charge in [0.2, 0.25) is 6.79 Å². The van der Waals surface area contributed by atoms with Crippen LogP contribution in [0.25, 0.3) is 6.08 Å². The lowest BCUT2D eigenvalue weighted by atomic mass is 9.95. The number of hydrogen-bond acceptors (Lipinski definition) is 8. The van der Waals surface area contributed by atoms with E-state index in [0.29, 0.717) is 55.0 Å². The number of carbonyl (C=O) groups excluding carboxylic acids is 1. The molecule has 2 aliphatic heterocycles. The molecular formula is C31H24BrClN2O6S. The Morgan fingerprint density at radius 3 is 2.76 bits per heavy atom. The highest BCUT2D eigenvalue weighted by Gasteiger charge is 2.34. The highest BCUT2D eigenvalue weighted by Crippen LogP contribution is 2.38. The van der Waals surface area contributed by atoms with Crippen molar-refractivity contribution in [3.63, 3.8) is 0 Å². The van der Waals surface area contributed by atoms with Crippen molar-refractivity contribution in [2.24, 2.45) is 4.99 Å². The highest BCUT2D eigenvalue weighted by molar-refractivity contribution is 9.10. The Kier molecular flexibility index (Phi) is 7.94. The minimum atomic E-state index is -0.746. The number of nitrogens with zero attached hydrogens (tertiary/aromatic N) is 2. The van der Waals surface area contributed by atoms with Crippen molar-refractivity contribution in [2.45, 2.75) is 26.5 Å². The first-order valence-corrected chi connectivity index (χ1v) is 15.1. The Hall–Kier alpha value is -3.86. The minimum Gasteiger partial charge on any atom is -0.488 e. The molecule has 0 spiro atoms. The van der Waals surface area contributed by atoms with Crippen molar-refractivity contribution in [3.8, 4) is 17.2 Å². The van der Waals surface area contributed by atoms with Crippen LogP contribution in [0.5, 0.6) is 17.2 Å². The van der Waals surface area contributed by atoms with Crippen LogP contribution in [0.15, 0.2) is 86.2 Å². The molecule has 2 aliphatic rings. The van der Waals surface area contributed by atoms with Crippen LogP contribution >= 0.6 is 38.9 Å². The van der Waals surface area contributed by atoms with Gasteiger partial charge in [-0.2, -0.15) is 0 Å². The Morgan fingerprint density at radius 2 is 1.98 bits per heavy atom. The van der Waals surface area contributed by atoms with Crippen LogP contribution in [-0.2, 0) is 16.1 Å². The van der Waals surface area contributed by atoms with Crippen LogP contribution in [0.3, 0.4) is 0 Å². The highest BCUT2D eigenvalue weighted by atomic mass is 79.9. The number of aromatic nitrogens is 1. The average Bonchev–Trinajstić information content (AvgIpc) is 3.56. The SMILES string of the molecule is CCOC(=O)C1=C(C)N=c2s/c(=C\c3ccc(OCc4ccccc4Cl)c(Br)c3)c(=O)n2[C@H]1c1ccc2c(c1)OCO2. The minimum absolute atomic E-state index is 0.112. The summed E-state index contributed by atoms with van der Waals surface area (Å²) >= 11 is 11.1. The van der Waals surface area contributed by atoms with Gasteiger partial charge in [0.25, 0.3) is 5.56 Å². The fourth-order valence-electron chi connectivity index (χ4n) is 4.84. The lowest BCUT2D eigenvalue weighted by molar-refractivity contribution is -0.139. The van der Waals surface area contributed by atoms with Crippen molar-refractivity contribution in [2.75, 3.05) is 13.4 Å². The number of fused-ring (bicyclic) bond motifs is 2. The largest absolute Gasteiger partial charge is 0.488 e. The molecule has 0 fully saturated rings. The third kappa shape index (κ3) is 5.37. The smallest absolute Gasteiger partial charge is 0.338 e. The fourth-order valence-corrected chi connectivity index (χ4v) is 6.58. The number of hydrogen-bond donors (Lipinski definition) is 0. The molecule has 1 atom stereocenters. The maximum Gasteiger partial charge on any atom is 0.338 e. The molecule has 214 valence electrons. The summed E-state index contributed by atoms with van der Waals surface area (Å²) in [6.07, 6.45) is 1.80. The van der Waals surface area contributed by atoms with E-state index in [2.05, 4.69) is 20.9 Å². The lowest BCUT2D eigenvalue weighted by Gasteiger charge is -2.24. The van der Waals surface area contributed by atoms with E-state index in [-0.39, 0.29) is 19.0 Å². The number of thiazole rings is 1. The summed E-state index contributed by atoms with van der Waals surface area (Å²) in [6.45, 7) is 4.12. The van der Waals surface area contributed by atoms with Crippen molar-refractivity contribution in [1.82, 2.24) is 4.57 Å². The second-order valence-corrected chi connectivity index (χ2v) is 11.8. The number of allylic oxidation sites excluding steroid dienone is 1. The third-order valence-electron chi connectivity index (χ3n) is 6.82. The predicted octanol–water partition coefficient (Wildman–Crippen LogP) is 5.52. The van der Waals surface area contributed by atoms with Gasteiger partial charge in [-0.3, -0.25) is 9.36 Å². The van der Waals surface area contributed by atoms with Gasteiger partial charge in [0.05, 0.1) is 32.9 Å². The predicted molar refractivity (Wildman–Crippen MR) is 163 cm³/mol. The molecule has 0 unspecified atom stereocenters. The van der Waals surface area contributed by atoms with Crippen molar-refractivity contribution < 1.29 is 23.7 Å². The third-order valence-corrected chi connectivity index (χ3v) is 8.80. The lowest BCUT2D eigenvalue weighted by Crippen LogP contribution is -2.39. The molecule has 8 nitrogen and oxygen atoms in total. The number of ether oxygens (including phenoxy) is 4. The van der Waals surface area contributed by atoms with E-state index in [0.717, 1.165) is 15.6 Å². The van der Waals surface area contributed by atoms with E-state index < -0.39 is 12.0 Å². The maximum atomic E-state index is 13.9. The summed E-state index contributed by atoms with van der Waals surface area (Å²) < 4.78 is 25.1. The van der Waals surface area contributed by atoms with E-state index in [1.807, 2.05) is 48.5 Å². The molecule has 3 heterocycles. The Labute approximate surface area is 258 Å². The summed E-state index contributed by atoms with van der Waals surface area (Å²) in [4.78, 5) is 32.2. The van der Waals surface area contributed by atoms with Crippen LogP contribution < -0.4 is 29.1 Å². The first-order valence-electron chi connectivity index (χ1n) is 13.1. The second kappa shape index (κ2) is 11.8. The fraction of sp³-hybridized carbons (Fsp3) is 0.194. The Bertz CT molecular complexity index is 1930. The van der Waals surface area contributed by atoms with Crippen molar-refractivity contribution in [1.29, 1.82) is 0 Å². The van der Waals surface area contributed by atoms with Gasteiger partial charge >= 0.3 is 5.97 Å². The van der Waals surface area contributed by atoms with Crippen LogP contribution in [-0.4, -0.2) is 23.9 Å². The van der Waals surface area contributed by atoms with E-state index in [4.69, 9.17) is 30.5 Å². The maximum absolute atomic E-state index is 13.9. The molecule has 0 N–H and O–H groups in total. The Morgan fingerprint density at radius 1 is 1.17 bits per heavy atom. The van der Waals surface area contributed by atoms with Crippen molar-refractivity contribution >= 4 is 50.9 Å². The number of benzene rings is 3. The van der Waals surface area contributed by atoms with Gasteiger partial charge in [0.1, 0.15) is 12.4 Å². The van der Waals surface area contributed by atoms with Gasteiger partial charge < -0.3 is 18.9 Å². The molecule has 11 heteroatoms. The van der Waals surface area contributed by atoms with E-state index in [1.165, 1.54) is 11.3 Å². The molecule has 1 aromatic heterocycles. The molecule has 6 rings (SSSR count). The molecule has 0 radical (unpaired) electrons. The molecule has 3 aromatic carbocycles. The summed E-state index contributed by atoms with van der Waals surface area (Å²) in [7, 11) is 0. The average molecular weight is 668 g/mol. The molecular weight excluding hydrogens is 644 g/mol.